The van der Waals surface area contributed by atoms with Crippen LogP contribution in [0, 0.1) is 11.8 Å². The Bertz CT molecular complexity index is 268. The molecule has 0 aliphatic carbocycles. The van der Waals surface area contributed by atoms with Gasteiger partial charge in [-0.15, -0.1) is 0 Å². The lowest BCUT2D eigenvalue weighted by molar-refractivity contribution is -0.127. The number of rotatable bonds is 17. The molecule has 0 heterocycles. The van der Waals surface area contributed by atoms with E-state index in [1.54, 1.807) is 0 Å². The summed E-state index contributed by atoms with van der Waals surface area (Å²) in [6.45, 7) is 12.6. The van der Waals surface area contributed by atoms with Gasteiger partial charge in [0, 0.05) is 12.5 Å². The molecule has 5 heteroatoms. The SMILES string of the molecule is CCC(C)C(=O)COCCOCCOCCOCCCC(C)C. The number of hydrogen-bond acceptors (Lipinski definition) is 5. The summed E-state index contributed by atoms with van der Waals surface area (Å²) >= 11 is 0. The van der Waals surface area contributed by atoms with E-state index < -0.39 is 0 Å². The molecule has 0 saturated carbocycles. The third kappa shape index (κ3) is 16.2. The molecule has 0 rings (SSSR count). The first-order valence-electron chi connectivity index (χ1n) is 8.91. The molecule has 1 unspecified atom stereocenters. The number of ketones is 1. The molecule has 5 nitrogen and oxygen atoms in total. The fourth-order valence-corrected chi connectivity index (χ4v) is 1.80. The topological polar surface area (TPSA) is 54.0 Å². The first kappa shape index (κ1) is 22.5. The van der Waals surface area contributed by atoms with Crippen molar-refractivity contribution >= 4 is 5.78 Å². The van der Waals surface area contributed by atoms with Gasteiger partial charge in [0.05, 0.1) is 39.6 Å². The van der Waals surface area contributed by atoms with Gasteiger partial charge in [0.1, 0.15) is 6.61 Å². The van der Waals surface area contributed by atoms with Crippen molar-refractivity contribution in [1.82, 2.24) is 0 Å². The Hall–Kier alpha value is -0.490. The average molecular weight is 332 g/mol. The third-order valence-electron chi connectivity index (χ3n) is 3.59. The summed E-state index contributed by atoms with van der Waals surface area (Å²) in [4.78, 5) is 11.5. The fraction of sp³-hybridized carbons (Fsp3) is 0.944. The van der Waals surface area contributed by atoms with Crippen LogP contribution in [-0.4, -0.2) is 58.6 Å². The Balaban J connectivity index is 3.12. The molecule has 0 N–H and O–H groups in total. The van der Waals surface area contributed by atoms with E-state index in [0.29, 0.717) is 39.6 Å². The van der Waals surface area contributed by atoms with Crippen molar-refractivity contribution < 1.29 is 23.7 Å². The first-order chi connectivity index (χ1) is 11.1. The quantitative estimate of drug-likeness (QED) is 0.383. The molecule has 0 aromatic rings. The molecule has 0 radical (unpaired) electrons. The molecular weight excluding hydrogens is 296 g/mol. The second kappa shape index (κ2) is 16.4. The molecule has 0 bridgehead atoms. The minimum Gasteiger partial charge on any atom is -0.379 e. The Morgan fingerprint density at radius 1 is 0.783 bits per heavy atom. The van der Waals surface area contributed by atoms with Crippen molar-refractivity contribution in [2.75, 3.05) is 52.9 Å². The van der Waals surface area contributed by atoms with Gasteiger partial charge in [-0.2, -0.15) is 0 Å². The smallest absolute Gasteiger partial charge is 0.161 e. The fourth-order valence-electron chi connectivity index (χ4n) is 1.80. The van der Waals surface area contributed by atoms with Crippen LogP contribution in [0.5, 0.6) is 0 Å². The second-order valence-corrected chi connectivity index (χ2v) is 6.20. The van der Waals surface area contributed by atoms with Gasteiger partial charge in [-0.05, 0) is 25.2 Å². The van der Waals surface area contributed by atoms with Crippen LogP contribution in [0.15, 0.2) is 0 Å². The molecule has 0 fully saturated rings. The Morgan fingerprint density at radius 3 is 1.74 bits per heavy atom. The maximum Gasteiger partial charge on any atom is 0.161 e. The summed E-state index contributed by atoms with van der Waals surface area (Å²) < 4.78 is 21.5. The van der Waals surface area contributed by atoms with Crippen LogP contribution in [-0.2, 0) is 23.7 Å². The van der Waals surface area contributed by atoms with E-state index in [1.807, 2.05) is 13.8 Å². The van der Waals surface area contributed by atoms with Crippen molar-refractivity contribution in [1.29, 1.82) is 0 Å². The van der Waals surface area contributed by atoms with Gasteiger partial charge in [-0.1, -0.05) is 27.7 Å². The highest BCUT2D eigenvalue weighted by atomic mass is 16.6. The van der Waals surface area contributed by atoms with Crippen LogP contribution < -0.4 is 0 Å². The minimum atomic E-state index is 0.0805. The molecule has 0 aliphatic rings. The van der Waals surface area contributed by atoms with Gasteiger partial charge in [0.15, 0.2) is 5.78 Å². The lowest BCUT2D eigenvalue weighted by Crippen LogP contribution is -2.19. The van der Waals surface area contributed by atoms with E-state index in [4.69, 9.17) is 18.9 Å². The van der Waals surface area contributed by atoms with E-state index in [0.717, 1.165) is 25.4 Å². The highest BCUT2D eigenvalue weighted by molar-refractivity contribution is 5.81. The van der Waals surface area contributed by atoms with Gasteiger partial charge in [0.25, 0.3) is 0 Å². The Labute approximate surface area is 142 Å². The third-order valence-corrected chi connectivity index (χ3v) is 3.59. The van der Waals surface area contributed by atoms with Crippen molar-refractivity contribution in [2.45, 2.75) is 47.0 Å². The lowest BCUT2D eigenvalue weighted by Gasteiger charge is -2.09. The largest absolute Gasteiger partial charge is 0.379 e. The van der Waals surface area contributed by atoms with E-state index in [9.17, 15) is 4.79 Å². The summed E-state index contributed by atoms with van der Waals surface area (Å²) in [5.74, 6) is 0.977. The first-order valence-corrected chi connectivity index (χ1v) is 8.91. The zero-order valence-corrected chi connectivity index (χ0v) is 15.5. The average Bonchev–Trinajstić information content (AvgIpc) is 2.53. The lowest BCUT2D eigenvalue weighted by atomic mass is 10.1. The van der Waals surface area contributed by atoms with Gasteiger partial charge < -0.3 is 18.9 Å². The highest BCUT2D eigenvalue weighted by Crippen LogP contribution is 2.03. The molecule has 0 aliphatic heterocycles. The number of carbonyl (C=O) groups is 1. The zero-order chi connectivity index (χ0) is 17.3. The minimum absolute atomic E-state index is 0.0805. The number of carbonyl (C=O) groups excluding carboxylic acids is 1. The van der Waals surface area contributed by atoms with E-state index in [-0.39, 0.29) is 18.3 Å². The van der Waals surface area contributed by atoms with Crippen LogP contribution in [0.25, 0.3) is 0 Å². The molecule has 0 aromatic carbocycles. The normalized spacial score (nSPS) is 12.7. The van der Waals surface area contributed by atoms with Crippen LogP contribution in [0.1, 0.15) is 47.0 Å². The van der Waals surface area contributed by atoms with Crippen molar-refractivity contribution in [2.24, 2.45) is 11.8 Å². The number of ether oxygens (including phenoxy) is 4. The zero-order valence-electron chi connectivity index (χ0n) is 15.5. The summed E-state index contributed by atoms with van der Waals surface area (Å²) in [7, 11) is 0. The monoisotopic (exact) mass is 332 g/mol. The van der Waals surface area contributed by atoms with Crippen LogP contribution >= 0.6 is 0 Å². The predicted molar refractivity (Wildman–Crippen MR) is 91.8 cm³/mol. The summed E-state index contributed by atoms with van der Waals surface area (Å²) in [5.41, 5.74) is 0. The van der Waals surface area contributed by atoms with Gasteiger partial charge in [-0.25, -0.2) is 0 Å². The summed E-state index contributed by atoms with van der Waals surface area (Å²) in [5, 5.41) is 0. The Morgan fingerprint density at radius 2 is 1.26 bits per heavy atom. The van der Waals surface area contributed by atoms with Gasteiger partial charge in [0.2, 0.25) is 0 Å². The van der Waals surface area contributed by atoms with Crippen molar-refractivity contribution in [3.8, 4) is 0 Å². The molecule has 0 spiro atoms. The predicted octanol–water partition coefficient (Wildman–Crippen LogP) is 3.10. The van der Waals surface area contributed by atoms with Crippen molar-refractivity contribution in [3.63, 3.8) is 0 Å². The maximum atomic E-state index is 11.5. The number of Topliss-reactive ketones (excluding diaryl/α,β-unsaturated/α-hetero) is 1. The molecule has 0 aromatic heterocycles. The van der Waals surface area contributed by atoms with E-state index in [1.165, 1.54) is 6.42 Å². The molecular formula is C18H36O5. The molecule has 138 valence electrons. The maximum absolute atomic E-state index is 11.5. The van der Waals surface area contributed by atoms with E-state index >= 15 is 0 Å². The van der Waals surface area contributed by atoms with Crippen LogP contribution in [0.3, 0.4) is 0 Å². The van der Waals surface area contributed by atoms with Crippen LogP contribution in [0.4, 0.5) is 0 Å². The van der Waals surface area contributed by atoms with Crippen molar-refractivity contribution in [3.05, 3.63) is 0 Å². The summed E-state index contributed by atoms with van der Waals surface area (Å²) in [6, 6.07) is 0. The molecule has 1 atom stereocenters. The van der Waals surface area contributed by atoms with Gasteiger partial charge >= 0.3 is 0 Å². The highest BCUT2D eigenvalue weighted by Gasteiger charge is 2.09. The standard InChI is InChI=1S/C18H36O5/c1-5-17(4)18(19)15-23-14-13-22-12-11-21-10-9-20-8-6-7-16(2)3/h16-17H,5-15H2,1-4H3. The van der Waals surface area contributed by atoms with Crippen LogP contribution in [0.2, 0.25) is 0 Å². The molecule has 0 amide bonds. The number of hydrogen-bond donors (Lipinski definition) is 0. The van der Waals surface area contributed by atoms with Gasteiger partial charge in [-0.3, -0.25) is 4.79 Å². The van der Waals surface area contributed by atoms with E-state index in [2.05, 4.69) is 13.8 Å². The summed E-state index contributed by atoms with van der Waals surface area (Å²) in [6.07, 6.45) is 3.18. The Kier molecular flexibility index (Phi) is 16.0. The second-order valence-electron chi connectivity index (χ2n) is 6.20. The molecule has 0 saturated heterocycles. The molecule has 23 heavy (non-hydrogen) atoms.